The van der Waals surface area contributed by atoms with Crippen molar-refractivity contribution < 1.29 is 9.18 Å². The van der Waals surface area contributed by atoms with Gasteiger partial charge < -0.3 is 15.2 Å². The number of nitrogens with one attached hydrogen (secondary N) is 3. The molecule has 0 radical (unpaired) electrons. The molecule has 0 spiro atoms. The second kappa shape index (κ2) is 9.72. The van der Waals surface area contributed by atoms with Crippen LogP contribution in [0.2, 0.25) is 0 Å². The highest BCUT2D eigenvalue weighted by Gasteiger charge is 2.24. The fourth-order valence-corrected chi connectivity index (χ4v) is 5.79. The SMILES string of the molecule is O=C(Nc1cncc(-c2cnc3n[nH]c(-c4nc5c(N6CCCCC6)nccc5[nH]4)c3c2F)c1)C1CCCC1. The molecule has 2 fully saturated rings. The summed E-state index contributed by atoms with van der Waals surface area (Å²) in [5.74, 6) is 0.819. The van der Waals surface area contributed by atoms with Crippen LogP contribution in [0.25, 0.3) is 44.7 Å². The molecule has 1 aliphatic heterocycles. The van der Waals surface area contributed by atoms with Crippen molar-refractivity contribution in [2.75, 3.05) is 23.3 Å². The Hall–Kier alpha value is -4.41. The van der Waals surface area contributed by atoms with E-state index in [-0.39, 0.29) is 28.4 Å². The summed E-state index contributed by atoms with van der Waals surface area (Å²) in [6, 6.07) is 3.60. The van der Waals surface area contributed by atoms with Crippen molar-refractivity contribution in [2.24, 2.45) is 5.92 Å². The van der Waals surface area contributed by atoms with E-state index in [0.717, 1.165) is 68.5 Å². The third kappa shape index (κ3) is 4.27. The zero-order valence-corrected chi connectivity index (χ0v) is 21.4. The molecule has 3 N–H and O–H groups in total. The first kappa shape index (κ1) is 23.7. The summed E-state index contributed by atoms with van der Waals surface area (Å²) in [5.41, 5.74) is 3.54. The van der Waals surface area contributed by atoms with E-state index in [9.17, 15) is 4.79 Å². The lowest BCUT2D eigenvalue weighted by Crippen LogP contribution is -2.30. The predicted molar refractivity (Wildman–Crippen MR) is 147 cm³/mol. The second-order valence-electron chi connectivity index (χ2n) is 10.4. The smallest absolute Gasteiger partial charge is 0.227 e. The molecule has 0 atom stereocenters. The van der Waals surface area contributed by atoms with E-state index < -0.39 is 5.82 Å². The summed E-state index contributed by atoms with van der Waals surface area (Å²) in [5, 5.41) is 10.3. The number of anilines is 2. The minimum atomic E-state index is -0.486. The number of nitrogens with zero attached hydrogens (tertiary/aromatic N) is 6. The first-order valence-electron chi connectivity index (χ1n) is 13.5. The second-order valence-corrected chi connectivity index (χ2v) is 10.4. The number of aromatic amines is 2. The van der Waals surface area contributed by atoms with E-state index in [1.807, 2.05) is 6.07 Å². The Morgan fingerprint density at radius 1 is 1.05 bits per heavy atom. The van der Waals surface area contributed by atoms with Crippen LogP contribution < -0.4 is 10.2 Å². The number of amides is 1. The Morgan fingerprint density at radius 2 is 1.90 bits per heavy atom. The van der Waals surface area contributed by atoms with Crippen LogP contribution in [0.5, 0.6) is 0 Å². The van der Waals surface area contributed by atoms with Gasteiger partial charge in [0.25, 0.3) is 0 Å². The normalized spacial score (nSPS) is 16.4. The van der Waals surface area contributed by atoms with Crippen LogP contribution in [0.4, 0.5) is 15.9 Å². The van der Waals surface area contributed by atoms with Crippen molar-refractivity contribution in [3.05, 3.63) is 42.7 Å². The largest absolute Gasteiger partial charge is 0.355 e. The Morgan fingerprint density at radius 3 is 2.74 bits per heavy atom. The number of carbonyl (C=O) groups excluding carboxylic acids is 1. The molecule has 2 aliphatic rings. The minimum absolute atomic E-state index is 0.0130. The monoisotopic (exact) mass is 525 g/mol. The number of halogens is 1. The Bertz CT molecular complexity index is 1680. The quantitative estimate of drug-likeness (QED) is 0.287. The van der Waals surface area contributed by atoms with Crippen molar-refractivity contribution in [2.45, 2.75) is 44.9 Å². The van der Waals surface area contributed by atoms with Crippen LogP contribution in [0.3, 0.4) is 0 Å². The van der Waals surface area contributed by atoms with Gasteiger partial charge in [0.1, 0.15) is 17.0 Å². The van der Waals surface area contributed by atoms with Gasteiger partial charge in [-0.2, -0.15) is 5.10 Å². The van der Waals surface area contributed by atoms with Crippen molar-refractivity contribution in [3.63, 3.8) is 0 Å². The van der Waals surface area contributed by atoms with Crippen LogP contribution in [0.1, 0.15) is 44.9 Å². The van der Waals surface area contributed by atoms with Gasteiger partial charge in [-0.3, -0.25) is 14.9 Å². The van der Waals surface area contributed by atoms with Gasteiger partial charge in [-0.1, -0.05) is 12.8 Å². The van der Waals surface area contributed by atoms with Crippen LogP contribution in [-0.2, 0) is 4.79 Å². The first-order valence-corrected chi connectivity index (χ1v) is 13.5. The van der Waals surface area contributed by atoms with Crippen LogP contribution in [0, 0.1) is 11.7 Å². The number of rotatable bonds is 5. The average molecular weight is 526 g/mol. The Balaban J connectivity index is 1.25. The molecule has 0 unspecified atom stereocenters. The molecule has 0 bridgehead atoms. The highest BCUT2D eigenvalue weighted by molar-refractivity contribution is 5.96. The maximum Gasteiger partial charge on any atom is 0.227 e. The minimum Gasteiger partial charge on any atom is -0.355 e. The molecule has 1 amide bonds. The fraction of sp³-hybridized carbons (Fsp3) is 0.357. The molecule has 1 aliphatic carbocycles. The van der Waals surface area contributed by atoms with E-state index >= 15 is 4.39 Å². The molecule has 6 heterocycles. The summed E-state index contributed by atoms with van der Waals surface area (Å²) < 4.78 is 16.1. The van der Waals surface area contributed by atoms with Gasteiger partial charge >= 0.3 is 0 Å². The molecule has 11 heteroatoms. The number of aromatic nitrogens is 7. The van der Waals surface area contributed by atoms with Crippen molar-refractivity contribution in [1.82, 2.24) is 35.1 Å². The van der Waals surface area contributed by atoms with Gasteiger partial charge in [0.2, 0.25) is 5.91 Å². The summed E-state index contributed by atoms with van der Waals surface area (Å²) >= 11 is 0. The molecular weight excluding hydrogens is 497 g/mol. The zero-order chi connectivity index (χ0) is 26.3. The first-order chi connectivity index (χ1) is 19.2. The maximum atomic E-state index is 16.1. The van der Waals surface area contributed by atoms with Gasteiger partial charge in [0.05, 0.1) is 22.8 Å². The van der Waals surface area contributed by atoms with Gasteiger partial charge in [-0.15, -0.1) is 0 Å². The number of H-pyrrole nitrogens is 2. The van der Waals surface area contributed by atoms with Crippen LogP contribution in [-0.4, -0.2) is 54.1 Å². The molecule has 10 nitrogen and oxygen atoms in total. The van der Waals surface area contributed by atoms with E-state index in [4.69, 9.17) is 4.98 Å². The van der Waals surface area contributed by atoms with Gasteiger partial charge in [-0.25, -0.2) is 19.3 Å². The van der Waals surface area contributed by atoms with E-state index in [0.29, 0.717) is 22.8 Å². The number of hydrogen-bond acceptors (Lipinski definition) is 7. The summed E-state index contributed by atoms with van der Waals surface area (Å²) in [7, 11) is 0. The topological polar surface area (TPSA) is 128 Å². The number of carbonyl (C=O) groups is 1. The van der Waals surface area contributed by atoms with Crippen molar-refractivity contribution in [3.8, 4) is 22.6 Å². The molecule has 7 rings (SSSR count). The summed E-state index contributed by atoms with van der Waals surface area (Å²) in [6.45, 7) is 1.88. The fourth-order valence-electron chi connectivity index (χ4n) is 5.79. The zero-order valence-electron chi connectivity index (χ0n) is 21.4. The lowest BCUT2D eigenvalue weighted by atomic mass is 10.1. The van der Waals surface area contributed by atoms with Crippen molar-refractivity contribution in [1.29, 1.82) is 0 Å². The lowest BCUT2D eigenvalue weighted by Gasteiger charge is -2.27. The van der Waals surface area contributed by atoms with Crippen LogP contribution >= 0.6 is 0 Å². The van der Waals surface area contributed by atoms with Crippen LogP contribution in [0.15, 0.2) is 36.9 Å². The predicted octanol–water partition coefficient (Wildman–Crippen LogP) is 5.22. The number of imidazole rings is 1. The van der Waals surface area contributed by atoms with Crippen molar-refractivity contribution >= 4 is 39.5 Å². The van der Waals surface area contributed by atoms with E-state index in [1.54, 1.807) is 24.7 Å². The number of piperidine rings is 1. The molecule has 5 aromatic heterocycles. The third-order valence-electron chi connectivity index (χ3n) is 7.84. The highest BCUT2D eigenvalue weighted by Crippen LogP contribution is 2.35. The Kier molecular flexibility index (Phi) is 5.90. The molecule has 0 aromatic carbocycles. The number of pyridine rings is 3. The Labute approximate surface area is 223 Å². The van der Waals surface area contributed by atoms with E-state index in [1.165, 1.54) is 12.6 Å². The summed E-state index contributed by atoms with van der Waals surface area (Å²) in [6.07, 6.45) is 13.8. The van der Waals surface area contributed by atoms with Gasteiger partial charge in [0.15, 0.2) is 17.3 Å². The number of hydrogen-bond donors (Lipinski definition) is 3. The van der Waals surface area contributed by atoms with Gasteiger partial charge in [0, 0.05) is 48.7 Å². The molecule has 1 saturated carbocycles. The summed E-state index contributed by atoms with van der Waals surface area (Å²) in [4.78, 5) is 36.3. The molecule has 39 heavy (non-hydrogen) atoms. The molecular formula is C28H28FN9O. The third-order valence-corrected chi connectivity index (χ3v) is 7.84. The maximum absolute atomic E-state index is 16.1. The highest BCUT2D eigenvalue weighted by atomic mass is 19.1. The average Bonchev–Trinajstić information content (AvgIpc) is 3.73. The van der Waals surface area contributed by atoms with E-state index in [2.05, 4.69) is 40.3 Å². The molecule has 1 saturated heterocycles. The molecule has 5 aromatic rings. The molecule has 198 valence electrons. The number of fused-ring (bicyclic) bond motifs is 2. The van der Waals surface area contributed by atoms with Gasteiger partial charge in [-0.05, 0) is 44.2 Å². The standard InChI is InChI=1S/C28H28FN9O/c29-22-19(17-12-18(14-30-13-17)33-28(39)16-6-2-3-7-16)15-32-25-21(22)24(36-37-25)26-34-20-8-9-31-27(23(20)35-26)38-10-4-1-5-11-38/h8-9,12-16H,1-7,10-11H2,(H,33,39)(H,34,35)(H,32,36,37). The lowest BCUT2D eigenvalue weighted by molar-refractivity contribution is -0.119.